The number of nitro groups is 1. The maximum atomic E-state index is 11.9. The molecular formula is C15H13NO4. The zero-order valence-electron chi connectivity index (χ0n) is 11.1. The molecule has 0 spiro atoms. The van der Waals surface area contributed by atoms with Gasteiger partial charge in [0.05, 0.1) is 10.5 Å². The molecule has 0 fully saturated rings. The summed E-state index contributed by atoms with van der Waals surface area (Å²) in [5.74, 6) is -0.0734. The number of esters is 1. The molecule has 0 radical (unpaired) electrons. The van der Waals surface area contributed by atoms with E-state index in [1.54, 1.807) is 12.1 Å². The van der Waals surface area contributed by atoms with E-state index in [1.807, 2.05) is 19.9 Å². The van der Waals surface area contributed by atoms with Gasteiger partial charge in [0, 0.05) is 12.1 Å². The molecule has 0 saturated heterocycles. The first-order valence-electron chi connectivity index (χ1n) is 6.00. The summed E-state index contributed by atoms with van der Waals surface area (Å²) < 4.78 is 5.25. The smallest absolute Gasteiger partial charge is 0.343 e. The van der Waals surface area contributed by atoms with Crippen molar-refractivity contribution < 1.29 is 14.5 Å². The van der Waals surface area contributed by atoms with Crippen LogP contribution in [0.1, 0.15) is 21.5 Å². The largest absolute Gasteiger partial charge is 0.423 e. The molecule has 102 valence electrons. The highest BCUT2D eigenvalue weighted by atomic mass is 16.6. The third kappa shape index (κ3) is 3.20. The van der Waals surface area contributed by atoms with Crippen molar-refractivity contribution in [2.24, 2.45) is 0 Å². The number of nitro benzene ring substituents is 1. The summed E-state index contributed by atoms with van der Waals surface area (Å²) in [6.45, 7) is 3.83. The number of carbonyl (C=O) groups excluding carboxylic acids is 1. The average molecular weight is 271 g/mol. The Morgan fingerprint density at radius 2 is 1.60 bits per heavy atom. The minimum atomic E-state index is -0.537. The van der Waals surface area contributed by atoms with Gasteiger partial charge in [-0.3, -0.25) is 10.1 Å². The van der Waals surface area contributed by atoms with E-state index in [2.05, 4.69) is 0 Å². The Morgan fingerprint density at radius 3 is 2.10 bits per heavy atom. The Morgan fingerprint density at radius 1 is 1.05 bits per heavy atom. The van der Waals surface area contributed by atoms with E-state index in [-0.39, 0.29) is 11.3 Å². The molecule has 0 amide bonds. The van der Waals surface area contributed by atoms with Crippen LogP contribution in [0.25, 0.3) is 0 Å². The van der Waals surface area contributed by atoms with Crippen molar-refractivity contribution in [3.8, 4) is 5.75 Å². The number of aryl methyl sites for hydroxylation is 2. The fraction of sp³-hybridized carbons (Fsp3) is 0.133. The molecule has 0 saturated carbocycles. The fourth-order valence-corrected chi connectivity index (χ4v) is 1.88. The third-order valence-electron chi connectivity index (χ3n) is 2.72. The number of hydrogen-bond acceptors (Lipinski definition) is 4. The number of hydrogen-bond donors (Lipinski definition) is 0. The molecule has 0 unspecified atom stereocenters. The van der Waals surface area contributed by atoms with E-state index in [0.717, 1.165) is 11.1 Å². The molecule has 0 aliphatic heterocycles. The van der Waals surface area contributed by atoms with Crippen molar-refractivity contribution in [1.82, 2.24) is 0 Å². The van der Waals surface area contributed by atoms with Gasteiger partial charge in [-0.1, -0.05) is 6.07 Å². The number of carbonyl (C=O) groups is 1. The summed E-state index contributed by atoms with van der Waals surface area (Å²) in [5.41, 5.74) is 2.20. The number of benzene rings is 2. The van der Waals surface area contributed by atoms with Crippen molar-refractivity contribution in [2.75, 3.05) is 0 Å². The van der Waals surface area contributed by atoms with Gasteiger partial charge >= 0.3 is 5.97 Å². The molecule has 0 heterocycles. The molecule has 0 aliphatic rings. The highest BCUT2D eigenvalue weighted by Gasteiger charge is 2.11. The summed E-state index contributed by atoms with van der Waals surface area (Å²) >= 11 is 0. The number of nitrogens with zero attached hydrogens (tertiary/aromatic N) is 1. The number of rotatable bonds is 3. The van der Waals surface area contributed by atoms with Crippen LogP contribution in [0.15, 0.2) is 42.5 Å². The molecule has 5 heteroatoms. The van der Waals surface area contributed by atoms with Crippen molar-refractivity contribution in [3.63, 3.8) is 0 Å². The molecule has 0 aromatic heterocycles. The van der Waals surface area contributed by atoms with Gasteiger partial charge in [-0.15, -0.1) is 0 Å². The summed E-state index contributed by atoms with van der Waals surface area (Å²) in [5, 5.41) is 10.5. The SMILES string of the molecule is Cc1cc(C)cc(OC(=O)c2ccc([N+](=O)[O-])cc2)c1. The minimum absolute atomic E-state index is 0.0621. The van der Waals surface area contributed by atoms with Crippen molar-refractivity contribution in [3.05, 3.63) is 69.3 Å². The van der Waals surface area contributed by atoms with Gasteiger partial charge in [0.15, 0.2) is 0 Å². The van der Waals surface area contributed by atoms with Crippen LogP contribution in [0.2, 0.25) is 0 Å². The second-order valence-corrected chi connectivity index (χ2v) is 4.52. The summed E-state index contributed by atoms with van der Waals surface area (Å²) in [6.07, 6.45) is 0. The molecule has 5 nitrogen and oxygen atoms in total. The molecule has 20 heavy (non-hydrogen) atoms. The highest BCUT2D eigenvalue weighted by molar-refractivity contribution is 5.91. The Balaban J connectivity index is 2.17. The normalized spacial score (nSPS) is 10.1. The second kappa shape index (κ2) is 5.52. The summed E-state index contributed by atoms with van der Waals surface area (Å²) in [7, 11) is 0. The van der Waals surface area contributed by atoms with Crippen LogP contribution in [0.3, 0.4) is 0 Å². The van der Waals surface area contributed by atoms with Gasteiger partial charge in [-0.25, -0.2) is 4.79 Å². The fourth-order valence-electron chi connectivity index (χ4n) is 1.88. The standard InChI is InChI=1S/C15H13NO4/c1-10-7-11(2)9-14(8-10)20-15(17)12-3-5-13(6-4-12)16(18)19/h3-9H,1-2H3. The van der Waals surface area contributed by atoms with E-state index in [0.29, 0.717) is 5.75 Å². The first-order valence-corrected chi connectivity index (χ1v) is 6.00. The molecule has 0 aliphatic carbocycles. The molecule has 2 aromatic rings. The van der Waals surface area contributed by atoms with Gasteiger partial charge in [-0.2, -0.15) is 0 Å². The lowest BCUT2D eigenvalue weighted by Crippen LogP contribution is -2.08. The predicted octanol–water partition coefficient (Wildman–Crippen LogP) is 3.43. The Kier molecular flexibility index (Phi) is 3.79. The highest BCUT2D eigenvalue weighted by Crippen LogP contribution is 2.18. The summed E-state index contributed by atoms with van der Waals surface area (Å²) in [6, 6.07) is 10.8. The Hall–Kier alpha value is -2.69. The summed E-state index contributed by atoms with van der Waals surface area (Å²) in [4.78, 5) is 21.9. The van der Waals surface area contributed by atoms with E-state index in [1.165, 1.54) is 24.3 Å². The quantitative estimate of drug-likeness (QED) is 0.371. The van der Waals surface area contributed by atoms with Gasteiger partial charge in [0.1, 0.15) is 5.75 Å². The molecular weight excluding hydrogens is 258 g/mol. The molecule has 2 aromatic carbocycles. The van der Waals surface area contributed by atoms with Crippen LogP contribution >= 0.6 is 0 Å². The van der Waals surface area contributed by atoms with Crippen LogP contribution in [-0.4, -0.2) is 10.9 Å². The Bertz CT molecular complexity index is 642. The number of non-ortho nitro benzene ring substituents is 1. The third-order valence-corrected chi connectivity index (χ3v) is 2.72. The van der Waals surface area contributed by atoms with Gasteiger partial charge < -0.3 is 4.74 Å². The lowest BCUT2D eigenvalue weighted by molar-refractivity contribution is -0.384. The average Bonchev–Trinajstić information content (AvgIpc) is 2.37. The lowest BCUT2D eigenvalue weighted by Gasteiger charge is -2.06. The van der Waals surface area contributed by atoms with Crippen LogP contribution in [0.4, 0.5) is 5.69 Å². The van der Waals surface area contributed by atoms with Crippen LogP contribution in [-0.2, 0) is 0 Å². The zero-order valence-corrected chi connectivity index (χ0v) is 11.1. The predicted molar refractivity (Wildman–Crippen MR) is 74.0 cm³/mol. The van der Waals surface area contributed by atoms with Gasteiger partial charge in [0.2, 0.25) is 0 Å². The van der Waals surface area contributed by atoms with Crippen molar-refractivity contribution in [2.45, 2.75) is 13.8 Å². The van der Waals surface area contributed by atoms with Crippen molar-refractivity contribution >= 4 is 11.7 Å². The van der Waals surface area contributed by atoms with E-state index >= 15 is 0 Å². The van der Waals surface area contributed by atoms with Crippen LogP contribution in [0.5, 0.6) is 5.75 Å². The van der Waals surface area contributed by atoms with Crippen molar-refractivity contribution in [1.29, 1.82) is 0 Å². The monoisotopic (exact) mass is 271 g/mol. The zero-order chi connectivity index (χ0) is 14.7. The Labute approximate surface area is 116 Å². The molecule has 0 atom stereocenters. The van der Waals surface area contributed by atoms with Gasteiger partial charge in [0.25, 0.3) is 5.69 Å². The van der Waals surface area contributed by atoms with Crippen LogP contribution in [0, 0.1) is 24.0 Å². The van der Waals surface area contributed by atoms with E-state index in [9.17, 15) is 14.9 Å². The van der Waals surface area contributed by atoms with E-state index < -0.39 is 10.9 Å². The first-order chi connectivity index (χ1) is 9.45. The minimum Gasteiger partial charge on any atom is -0.423 e. The van der Waals surface area contributed by atoms with E-state index in [4.69, 9.17) is 4.74 Å². The molecule has 0 N–H and O–H groups in total. The lowest BCUT2D eigenvalue weighted by atomic mass is 10.1. The van der Waals surface area contributed by atoms with Crippen LogP contribution < -0.4 is 4.74 Å². The first kappa shape index (κ1) is 13.7. The van der Waals surface area contributed by atoms with Gasteiger partial charge in [-0.05, 0) is 49.2 Å². The number of ether oxygens (including phenoxy) is 1. The maximum absolute atomic E-state index is 11.9. The molecule has 2 rings (SSSR count). The maximum Gasteiger partial charge on any atom is 0.343 e. The topological polar surface area (TPSA) is 69.4 Å². The molecule has 0 bridgehead atoms. The second-order valence-electron chi connectivity index (χ2n) is 4.52.